The highest BCUT2D eigenvalue weighted by atomic mass is 28.4. The van der Waals surface area contributed by atoms with Crippen LogP contribution in [0, 0.1) is 0 Å². The Morgan fingerprint density at radius 3 is 1.36 bits per heavy atom. The van der Waals surface area contributed by atoms with Crippen LogP contribution in [-0.4, -0.2) is 64.4 Å². The molecule has 0 N–H and O–H groups in total. The molecule has 0 heterocycles. The molecule has 9 heteroatoms. The lowest BCUT2D eigenvalue weighted by Gasteiger charge is -2.32. The van der Waals surface area contributed by atoms with Gasteiger partial charge in [0, 0.05) is 44.8 Å². The third-order valence-corrected chi connectivity index (χ3v) is 9.99. The Morgan fingerprint density at radius 2 is 1.00 bits per heavy atom. The van der Waals surface area contributed by atoms with Crippen molar-refractivity contribution in [1.82, 2.24) is 0 Å². The van der Waals surface area contributed by atoms with Crippen molar-refractivity contribution in [2.75, 3.05) is 46.8 Å². The van der Waals surface area contributed by atoms with E-state index >= 15 is 0 Å². The maximum absolute atomic E-state index is 6.04. The Labute approximate surface area is 171 Å². The van der Waals surface area contributed by atoms with Gasteiger partial charge >= 0.3 is 17.6 Å². The fourth-order valence-electron chi connectivity index (χ4n) is 3.01. The molecule has 1 aromatic carbocycles. The summed E-state index contributed by atoms with van der Waals surface area (Å²) in [5.74, 6) is 0.621. The van der Waals surface area contributed by atoms with Gasteiger partial charge in [-0.15, -0.1) is 0 Å². The van der Waals surface area contributed by atoms with Gasteiger partial charge in [0.1, 0.15) is 5.75 Å². The van der Waals surface area contributed by atoms with E-state index in [1.54, 1.807) is 7.11 Å². The Kier molecular flexibility index (Phi) is 11.5. The van der Waals surface area contributed by atoms with E-state index in [2.05, 4.69) is 0 Å². The second-order valence-corrected chi connectivity index (χ2v) is 10.7. The minimum atomic E-state index is -3.11. The number of hydrogen-bond acceptors (Lipinski definition) is 7. The lowest BCUT2D eigenvalue weighted by atomic mass is 10.3. The Morgan fingerprint density at radius 1 is 0.607 bits per heavy atom. The van der Waals surface area contributed by atoms with Gasteiger partial charge in [-0.2, -0.15) is 0 Å². The molecule has 0 spiro atoms. The van der Waals surface area contributed by atoms with Crippen molar-refractivity contribution in [2.24, 2.45) is 0 Å². The minimum Gasteiger partial charge on any atom is -0.497 e. The SMILES string of the molecule is CCO[Si](OCC)(OCC)c1ccc([Si](OCC)(OCC)OCC)c(OC)c1. The molecule has 162 valence electrons. The van der Waals surface area contributed by atoms with Gasteiger partial charge in [-0.25, -0.2) is 0 Å². The second kappa shape index (κ2) is 12.7. The number of hydrogen-bond donors (Lipinski definition) is 0. The summed E-state index contributed by atoms with van der Waals surface area (Å²) in [6.45, 7) is 14.5. The van der Waals surface area contributed by atoms with Crippen LogP contribution in [0.2, 0.25) is 0 Å². The number of rotatable bonds is 15. The van der Waals surface area contributed by atoms with Gasteiger partial charge in [-0.3, -0.25) is 0 Å². The van der Waals surface area contributed by atoms with Crippen molar-refractivity contribution < 1.29 is 31.3 Å². The van der Waals surface area contributed by atoms with Gasteiger partial charge in [0.2, 0.25) is 0 Å². The predicted molar refractivity (Wildman–Crippen MR) is 114 cm³/mol. The van der Waals surface area contributed by atoms with Gasteiger partial charge in [0.25, 0.3) is 0 Å². The molecule has 0 bridgehead atoms. The molecule has 0 fully saturated rings. The quantitative estimate of drug-likeness (QED) is 0.394. The first-order valence-electron chi connectivity index (χ1n) is 10.0. The van der Waals surface area contributed by atoms with Crippen molar-refractivity contribution in [3.63, 3.8) is 0 Å². The van der Waals surface area contributed by atoms with E-state index in [1.165, 1.54) is 0 Å². The van der Waals surface area contributed by atoms with E-state index < -0.39 is 17.6 Å². The van der Waals surface area contributed by atoms with E-state index in [-0.39, 0.29) is 0 Å². The molecular weight excluding hydrogens is 396 g/mol. The molecular formula is C19H36O7Si2. The highest BCUT2D eigenvalue weighted by Crippen LogP contribution is 2.20. The van der Waals surface area contributed by atoms with Crippen LogP contribution in [0.15, 0.2) is 18.2 Å². The first kappa shape index (κ1) is 25.3. The molecule has 0 aliphatic rings. The fraction of sp³-hybridized carbons (Fsp3) is 0.684. The summed E-state index contributed by atoms with van der Waals surface area (Å²) in [6.07, 6.45) is 0. The minimum absolute atomic E-state index is 0.479. The average Bonchev–Trinajstić information content (AvgIpc) is 2.68. The van der Waals surface area contributed by atoms with Crippen molar-refractivity contribution in [1.29, 1.82) is 0 Å². The highest BCUT2D eigenvalue weighted by Gasteiger charge is 2.48. The standard InChI is InChI=1S/C19H36O7Si2/c1-8-21-27(22-9-2,23-10-3)17-14-15-19(18(16-17)20-7)28(24-11-4,25-12-5)26-13-6/h14-16H,8-13H2,1-7H3. The van der Waals surface area contributed by atoms with Crippen molar-refractivity contribution in [3.8, 4) is 5.75 Å². The van der Waals surface area contributed by atoms with Gasteiger partial charge in [0.15, 0.2) is 0 Å². The third-order valence-electron chi connectivity index (χ3n) is 3.89. The number of ether oxygens (including phenoxy) is 1. The van der Waals surface area contributed by atoms with Crippen LogP contribution in [0.4, 0.5) is 0 Å². The monoisotopic (exact) mass is 432 g/mol. The summed E-state index contributed by atoms with van der Waals surface area (Å²) in [4.78, 5) is 0. The fourth-order valence-corrected chi connectivity index (χ4v) is 8.11. The molecule has 1 rings (SSSR count). The highest BCUT2D eigenvalue weighted by molar-refractivity contribution is 6.78. The Hall–Kier alpha value is -0.786. The van der Waals surface area contributed by atoms with E-state index in [0.29, 0.717) is 45.4 Å². The summed E-state index contributed by atoms with van der Waals surface area (Å²) < 4.78 is 41.9. The van der Waals surface area contributed by atoms with Crippen LogP contribution in [-0.2, 0) is 26.6 Å². The summed E-state index contributed by atoms with van der Waals surface area (Å²) in [5, 5.41) is 1.63. The van der Waals surface area contributed by atoms with E-state index in [4.69, 9.17) is 31.3 Å². The van der Waals surface area contributed by atoms with Crippen LogP contribution in [0.5, 0.6) is 5.75 Å². The molecule has 28 heavy (non-hydrogen) atoms. The smallest absolute Gasteiger partial charge is 0.497 e. The Balaban J connectivity index is 3.53. The lowest BCUT2D eigenvalue weighted by molar-refractivity contribution is 0.0840. The molecule has 0 aliphatic heterocycles. The van der Waals surface area contributed by atoms with Crippen molar-refractivity contribution in [3.05, 3.63) is 18.2 Å². The lowest BCUT2D eigenvalue weighted by Crippen LogP contribution is -2.60. The van der Waals surface area contributed by atoms with Crippen molar-refractivity contribution in [2.45, 2.75) is 41.5 Å². The number of methoxy groups -OCH3 is 1. The van der Waals surface area contributed by atoms with Gasteiger partial charge < -0.3 is 31.3 Å². The molecule has 0 atom stereocenters. The third kappa shape index (κ3) is 5.86. The van der Waals surface area contributed by atoms with E-state index in [0.717, 1.165) is 10.4 Å². The zero-order chi connectivity index (χ0) is 21.0. The summed E-state index contributed by atoms with van der Waals surface area (Å²) in [6, 6.07) is 5.78. The van der Waals surface area contributed by atoms with E-state index in [1.807, 2.05) is 59.7 Å². The Bertz CT molecular complexity index is 537. The molecule has 0 saturated heterocycles. The molecule has 0 unspecified atom stereocenters. The molecule has 0 radical (unpaired) electrons. The molecule has 0 saturated carbocycles. The molecule has 0 aliphatic carbocycles. The summed E-state index contributed by atoms with van der Waals surface area (Å²) >= 11 is 0. The van der Waals surface area contributed by atoms with Gasteiger partial charge in [-0.05, 0) is 47.6 Å². The normalized spacial score (nSPS) is 12.4. The van der Waals surface area contributed by atoms with Gasteiger partial charge in [-0.1, -0.05) is 12.1 Å². The number of benzene rings is 1. The maximum Gasteiger partial charge on any atom is 0.541 e. The van der Waals surface area contributed by atoms with Crippen LogP contribution >= 0.6 is 0 Å². The zero-order valence-corrected chi connectivity index (χ0v) is 20.3. The molecule has 0 aromatic heterocycles. The van der Waals surface area contributed by atoms with Crippen LogP contribution in [0.25, 0.3) is 0 Å². The van der Waals surface area contributed by atoms with Gasteiger partial charge in [0.05, 0.1) is 12.3 Å². The second-order valence-electron chi connectivity index (χ2n) is 5.63. The van der Waals surface area contributed by atoms with Crippen LogP contribution in [0.3, 0.4) is 0 Å². The molecule has 0 amide bonds. The largest absolute Gasteiger partial charge is 0.541 e. The molecule has 7 nitrogen and oxygen atoms in total. The zero-order valence-electron chi connectivity index (χ0n) is 18.3. The predicted octanol–water partition coefficient (Wildman–Crippen LogP) is 2.21. The van der Waals surface area contributed by atoms with Crippen LogP contribution < -0.4 is 15.1 Å². The first-order valence-corrected chi connectivity index (χ1v) is 13.5. The summed E-state index contributed by atoms with van der Waals surface area (Å²) in [5.41, 5.74) is 0. The maximum atomic E-state index is 6.04. The summed E-state index contributed by atoms with van der Waals surface area (Å²) in [7, 11) is -4.53. The average molecular weight is 433 g/mol. The molecule has 1 aromatic rings. The van der Waals surface area contributed by atoms with Crippen LogP contribution in [0.1, 0.15) is 41.5 Å². The van der Waals surface area contributed by atoms with Crippen molar-refractivity contribution >= 4 is 28.0 Å². The topological polar surface area (TPSA) is 64.6 Å². The first-order chi connectivity index (χ1) is 13.5. The van der Waals surface area contributed by atoms with E-state index in [9.17, 15) is 0 Å².